The van der Waals surface area contributed by atoms with Crippen LogP contribution in [0.15, 0.2) is 61.2 Å². The highest BCUT2D eigenvalue weighted by atomic mass is 35.5. The second-order valence-corrected chi connectivity index (χ2v) is 5.38. The molecule has 0 amide bonds. The molecule has 106 valence electrons. The summed E-state index contributed by atoms with van der Waals surface area (Å²) in [5.41, 5.74) is 7.14. The van der Waals surface area contributed by atoms with Crippen LogP contribution in [-0.2, 0) is 19.4 Å². The van der Waals surface area contributed by atoms with Crippen LogP contribution in [0.5, 0.6) is 0 Å². The van der Waals surface area contributed by atoms with Crippen molar-refractivity contribution in [2.45, 2.75) is 19.4 Å². The summed E-state index contributed by atoms with van der Waals surface area (Å²) in [6.07, 6.45) is 7.86. The first-order valence-electron chi connectivity index (χ1n) is 7.06. The molecule has 2 nitrogen and oxygen atoms in total. The van der Waals surface area contributed by atoms with Gasteiger partial charge >= 0.3 is 0 Å². The molecule has 0 spiro atoms. The molecule has 0 unspecified atom stereocenters. The summed E-state index contributed by atoms with van der Waals surface area (Å²) in [4.78, 5) is 4.08. The molecule has 2 aromatic carbocycles. The number of hydrogen-bond donors (Lipinski definition) is 0. The Bertz CT molecular complexity index is 748. The number of halogens is 1. The zero-order chi connectivity index (χ0) is 13.4. The fraction of sp³-hybridized carbons (Fsp3) is 0.167. The van der Waals surface area contributed by atoms with Crippen molar-refractivity contribution in [2.75, 3.05) is 0 Å². The van der Waals surface area contributed by atoms with Crippen LogP contribution in [0, 0.1) is 0 Å². The Morgan fingerprint density at radius 1 is 1.00 bits per heavy atom. The number of aromatic nitrogens is 2. The Kier molecular flexibility index (Phi) is 3.80. The standard InChI is InChI=1S/C18H16N2.ClH/c1-2-4-17-15(3-1)12-16-11-14(5-6-18(16)17)7-9-20-10-8-19-13-20;/h1-6,8,10-11,13H,7,9,12H2;1H. The lowest BCUT2D eigenvalue weighted by Gasteiger charge is -2.06. The molecule has 0 N–H and O–H groups in total. The van der Waals surface area contributed by atoms with Crippen molar-refractivity contribution in [1.29, 1.82) is 0 Å². The quantitative estimate of drug-likeness (QED) is 0.556. The van der Waals surface area contributed by atoms with Gasteiger partial charge in [0.1, 0.15) is 0 Å². The summed E-state index contributed by atoms with van der Waals surface area (Å²) in [6.45, 7) is 0.992. The third-order valence-corrected chi connectivity index (χ3v) is 4.08. The Balaban J connectivity index is 0.00000132. The summed E-state index contributed by atoms with van der Waals surface area (Å²) in [6, 6.07) is 15.6. The third kappa shape index (κ3) is 2.59. The van der Waals surface area contributed by atoms with E-state index in [1.165, 1.54) is 27.8 Å². The van der Waals surface area contributed by atoms with Crippen LogP contribution >= 0.6 is 12.4 Å². The molecule has 0 saturated carbocycles. The molecular formula is C18H17ClN2. The van der Waals surface area contributed by atoms with Crippen molar-refractivity contribution in [3.63, 3.8) is 0 Å². The second kappa shape index (κ2) is 5.74. The minimum Gasteiger partial charge on any atom is -0.337 e. The van der Waals surface area contributed by atoms with Gasteiger partial charge in [0.05, 0.1) is 6.33 Å². The van der Waals surface area contributed by atoms with E-state index in [-0.39, 0.29) is 12.4 Å². The van der Waals surface area contributed by atoms with E-state index in [1.54, 1.807) is 0 Å². The summed E-state index contributed by atoms with van der Waals surface area (Å²) in [7, 11) is 0. The average molecular weight is 297 g/mol. The lowest BCUT2D eigenvalue weighted by molar-refractivity contribution is 0.695. The Morgan fingerprint density at radius 3 is 2.71 bits per heavy atom. The first-order valence-corrected chi connectivity index (χ1v) is 7.06. The molecule has 0 fully saturated rings. The van der Waals surface area contributed by atoms with Crippen molar-refractivity contribution >= 4 is 12.4 Å². The van der Waals surface area contributed by atoms with E-state index in [2.05, 4.69) is 52.0 Å². The van der Waals surface area contributed by atoms with Gasteiger partial charge in [0.25, 0.3) is 0 Å². The number of hydrogen-bond acceptors (Lipinski definition) is 1. The van der Waals surface area contributed by atoms with Gasteiger partial charge < -0.3 is 4.57 Å². The van der Waals surface area contributed by atoms with Crippen LogP contribution in [-0.4, -0.2) is 9.55 Å². The number of nitrogens with zero attached hydrogens (tertiary/aromatic N) is 2. The normalized spacial score (nSPS) is 11.6. The van der Waals surface area contributed by atoms with Gasteiger partial charge in [0.15, 0.2) is 0 Å². The average Bonchev–Trinajstić information content (AvgIpc) is 3.12. The van der Waals surface area contributed by atoms with E-state index in [4.69, 9.17) is 0 Å². The molecule has 0 radical (unpaired) electrons. The van der Waals surface area contributed by atoms with E-state index in [0.717, 1.165) is 19.4 Å². The van der Waals surface area contributed by atoms with Gasteiger partial charge in [0.2, 0.25) is 0 Å². The van der Waals surface area contributed by atoms with E-state index in [9.17, 15) is 0 Å². The minimum atomic E-state index is 0. The fourth-order valence-electron chi connectivity index (χ4n) is 3.03. The molecule has 0 aliphatic heterocycles. The highest BCUT2D eigenvalue weighted by molar-refractivity contribution is 5.85. The zero-order valence-corrected chi connectivity index (χ0v) is 12.5. The van der Waals surface area contributed by atoms with E-state index >= 15 is 0 Å². The molecule has 0 bridgehead atoms. The van der Waals surface area contributed by atoms with Crippen molar-refractivity contribution in [1.82, 2.24) is 9.55 Å². The molecule has 21 heavy (non-hydrogen) atoms. The monoisotopic (exact) mass is 296 g/mol. The first-order chi connectivity index (χ1) is 9.90. The minimum absolute atomic E-state index is 0. The van der Waals surface area contributed by atoms with Crippen molar-refractivity contribution < 1.29 is 0 Å². The zero-order valence-electron chi connectivity index (χ0n) is 11.7. The van der Waals surface area contributed by atoms with Crippen molar-refractivity contribution in [3.05, 3.63) is 77.9 Å². The maximum atomic E-state index is 4.08. The van der Waals surface area contributed by atoms with E-state index in [1.807, 2.05) is 18.7 Å². The van der Waals surface area contributed by atoms with Crippen molar-refractivity contribution in [2.24, 2.45) is 0 Å². The third-order valence-electron chi connectivity index (χ3n) is 4.08. The van der Waals surface area contributed by atoms with Gasteiger partial charge in [-0.05, 0) is 40.7 Å². The number of benzene rings is 2. The summed E-state index contributed by atoms with van der Waals surface area (Å²) in [5.74, 6) is 0. The van der Waals surface area contributed by atoms with Gasteiger partial charge in [0, 0.05) is 18.9 Å². The maximum Gasteiger partial charge on any atom is 0.0946 e. The molecular weight excluding hydrogens is 280 g/mol. The van der Waals surface area contributed by atoms with E-state index < -0.39 is 0 Å². The maximum absolute atomic E-state index is 4.08. The van der Waals surface area contributed by atoms with E-state index in [0.29, 0.717) is 0 Å². The van der Waals surface area contributed by atoms with Crippen LogP contribution in [0.3, 0.4) is 0 Å². The smallest absolute Gasteiger partial charge is 0.0946 e. The van der Waals surface area contributed by atoms with Gasteiger partial charge in [-0.3, -0.25) is 0 Å². The topological polar surface area (TPSA) is 17.8 Å². The Labute approximate surface area is 130 Å². The van der Waals surface area contributed by atoms with Gasteiger partial charge in [-0.25, -0.2) is 4.98 Å². The highest BCUT2D eigenvalue weighted by Crippen LogP contribution is 2.36. The molecule has 1 heterocycles. The van der Waals surface area contributed by atoms with Gasteiger partial charge in [-0.2, -0.15) is 0 Å². The van der Waals surface area contributed by atoms with Gasteiger partial charge in [-0.1, -0.05) is 42.5 Å². The molecule has 4 rings (SSSR count). The number of aryl methyl sites for hydroxylation is 2. The van der Waals surface area contributed by atoms with Crippen LogP contribution in [0.2, 0.25) is 0 Å². The highest BCUT2D eigenvalue weighted by Gasteiger charge is 2.17. The SMILES string of the molecule is Cl.c1ccc2c(c1)Cc1cc(CCn3ccnc3)ccc1-2. The summed E-state index contributed by atoms with van der Waals surface area (Å²) >= 11 is 0. The number of fused-ring (bicyclic) bond motifs is 3. The largest absolute Gasteiger partial charge is 0.337 e. The molecule has 1 aliphatic carbocycles. The Morgan fingerprint density at radius 2 is 1.86 bits per heavy atom. The molecule has 0 saturated heterocycles. The summed E-state index contributed by atoms with van der Waals surface area (Å²) < 4.78 is 2.13. The molecule has 3 heteroatoms. The molecule has 3 aromatic rings. The van der Waals surface area contributed by atoms with Crippen LogP contribution in [0.1, 0.15) is 16.7 Å². The number of imidazole rings is 1. The first kappa shape index (κ1) is 13.9. The second-order valence-electron chi connectivity index (χ2n) is 5.38. The van der Waals surface area contributed by atoms with Crippen LogP contribution in [0.25, 0.3) is 11.1 Å². The van der Waals surface area contributed by atoms with Crippen LogP contribution < -0.4 is 0 Å². The number of rotatable bonds is 3. The lowest BCUT2D eigenvalue weighted by atomic mass is 10.0. The molecule has 0 atom stereocenters. The fourth-order valence-corrected chi connectivity index (χ4v) is 3.03. The van der Waals surface area contributed by atoms with Crippen molar-refractivity contribution in [3.8, 4) is 11.1 Å². The van der Waals surface area contributed by atoms with Crippen LogP contribution in [0.4, 0.5) is 0 Å². The Hall–Kier alpha value is -2.06. The predicted molar refractivity (Wildman–Crippen MR) is 87.9 cm³/mol. The predicted octanol–water partition coefficient (Wildman–Crippen LogP) is 4.12. The molecule has 1 aromatic heterocycles. The molecule has 1 aliphatic rings. The lowest BCUT2D eigenvalue weighted by Crippen LogP contribution is -1.99. The summed E-state index contributed by atoms with van der Waals surface area (Å²) in [5, 5.41) is 0. The van der Waals surface area contributed by atoms with Gasteiger partial charge in [-0.15, -0.1) is 12.4 Å².